The Morgan fingerprint density at radius 1 is 1.50 bits per heavy atom. The van der Waals surface area contributed by atoms with Crippen LogP contribution in [0.15, 0.2) is 18.3 Å². The number of rotatable bonds is 3. The van der Waals surface area contributed by atoms with E-state index in [1.807, 2.05) is 0 Å². The standard InChI is InChI=1S/C9H8ClN5O/c1-15-13-9(12-14-15)4-7(16)6-2-3-8(10)11-5-6/h2-3,5H,4H2,1H3. The van der Waals surface area contributed by atoms with Crippen LogP contribution in [-0.4, -0.2) is 31.0 Å². The van der Waals surface area contributed by atoms with Crippen molar-refractivity contribution in [2.75, 3.05) is 0 Å². The van der Waals surface area contributed by atoms with Gasteiger partial charge in [-0.15, -0.1) is 10.2 Å². The number of aromatic nitrogens is 5. The third-order valence-electron chi connectivity index (χ3n) is 1.92. The van der Waals surface area contributed by atoms with Gasteiger partial charge in [0.2, 0.25) is 0 Å². The Bertz CT molecular complexity index is 507. The number of carbonyl (C=O) groups excluding carboxylic acids is 1. The zero-order valence-corrected chi connectivity index (χ0v) is 9.22. The van der Waals surface area contributed by atoms with Gasteiger partial charge in [0, 0.05) is 11.8 Å². The second-order valence-corrected chi connectivity index (χ2v) is 3.55. The first-order valence-electron chi connectivity index (χ1n) is 4.53. The molecule has 0 radical (unpaired) electrons. The summed E-state index contributed by atoms with van der Waals surface area (Å²) in [6.07, 6.45) is 1.54. The molecule has 2 aromatic heterocycles. The number of aryl methyl sites for hydroxylation is 1. The van der Waals surface area contributed by atoms with Crippen LogP contribution < -0.4 is 0 Å². The van der Waals surface area contributed by atoms with Crippen LogP contribution in [0.2, 0.25) is 5.15 Å². The lowest BCUT2D eigenvalue weighted by Crippen LogP contribution is -2.06. The van der Waals surface area contributed by atoms with Crippen molar-refractivity contribution in [3.63, 3.8) is 0 Å². The number of carbonyl (C=O) groups is 1. The summed E-state index contributed by atoms with van der Waals surface area (Å²) in [5, 5.41) is 11.7. The van der Waals surface area contributed by atoms with Crippen molar-refractivity contribution in [3.8, 4) is 0 Å². The Morgan fingerprint density at radius 2 is 2.31 bits per heavy atom. The van der Waals surface area contributed by atoms with Gasteiger partial charge in [-0.05, 0) is 17.3 Å². The van der Waals surface area contributed by atoms with Gasteiger partial charge < -0.3 is 0 Å². The zero-order valence-electron chi connectivity index (χ0n) is 8.46. The van der Waals surface area contributed by atoms with Gasteiger partial charge in [-0.25, -0.2) is 4.98 Å². The number of hydrogen-bond donors (Lipinski definition) is 0. The highest BCUT2D eigenvalue weighted by Crippen LogP contribution is 2.07. The average molecular weight is 238 g/mol. The molecule has 2 heterocycles. The second kappa shape index (κ2) is 4.36. The first-order valence-corrected chi connectivity index (χ1v) is 4.90. The highest BCUT2D eigenvalue weighted by Gasteiger charge is 2.11. The van der Waals surface area contributed by atoms with Crippen molar-refractivity contribution in [3.05, 3.63) is 34.9 Å². The third-order valence-corrected chi connectivity index (χ3v) is 2.14. The Labute approximate surface area is 96.3 Å². The van der Waals surface area contributed by atoms with E-state index in [0.29, 0.717) is 16.5 Å². The van der Waals surface area contributed by atoms with Gasteiger partial charge in [0.05, 0.1) is 13.5 Å². The van der Waals surface area contributed by atoms with E-state index in [-0.39, 0.29) is 12.2 Å². The highest BCUT2D eigenvalue weighted by molar-refractivity contribution is 6.29. The predicted octanol–water partition coefficient (Wildman–Crippen LogP) is 0.684. The van der Waals surface area contributed by atoms with Gasteiger partial charge in [0.25, 0.3) is 0 Å². The number of tetrazole rings is 1. The fourth-order valence-corrected chi connectivity index (χ4v) is 1.29. The lowest BCUT2D eigenvalue weighted by molar-refractivity contribution is 0.0990. The molecule has 0 aliphatic heterocycles. The molecule has 0 saturated carbocycles. The van der Waals surface area contributed by atoms with E-state index < -0.39 is 0 Å². The minimum atomic E-state index is -0.114. The Morgan fingerprint density at radius 3 is 2.88 bits per heavy atom. The quantitative estimate of drug-likeness (QED) is 0.580. The van der Waals surface area contributed by atoms with Crippen LogP contribution in [0.4, 0.5) is 0 Å². The van der Waals surface area contributed by atoms with Crippen LogP contribution in [0.25, 0.3) is 0 Å². The van der Waals surface area contributed by atoms with Crippen LogP contribution in [0.5, 0.6) is 0 Å². The summed E-state index contributed by atoms with van der Waals surface area (Å²) in [7, 11) is 1.64. The maximum absolute atomic E-state index is 11.7. The Balaban J connectivity index is 2.11. The van der Waals surface area contributed by atoms with Gasteiger partial charge in [-0.3, -0.25) is 4.79 Å². The molecule has 0 atom stereocenters. The van der Waals surface area contributed by atoms with E-state index in [1.165, 1.54) is 11.0 Å². The van der Waals surface area contributed by atoms with E-state index in [9.17, 15) is 4.79 Å². The highest BCUT2D eigenvalue weighted by atomic mass is 35.5. The topological polar surface area (TPSA) is 73.6 Å². The number of nitrogens with zero attached hydrogens (tertiary/aromatic N) is 5. The molecule has 0 aromatic carbocycles. The van der Waals surface area contributed by atoms with E-state index in [2.05, 4.69) is 20.4 Å². The molecule has 0 aliphatic rings. The lowest BCUT2D eigenvalue weighted by atomic mass is 10.1. The first-order chi connectivity index (χ1) is 7.65. The Hall–Kier alpha value is -1.82. The smallest absolute Gasteiger partial charge is 0.182 e. The summed E-state index contributed by atoms with van der Waals surface area (Å²) in [5.74, 6) is 0.277. The van der Waals surface area contributed by atoms with Gasteiger partial charge >= 0.3 is 0 Å². The lowest BCUT2D eigenvalue weighted by Gasteiger charge is -1.96. The second-order valence-electron chi connectivity index (χ2n) is 3.16. The molecule has 0 fully saturated rings. The fourth-order valence-electron chi connectivity index (χ4n) is 1.18. The van der Waals surface area contributed by atoms with E-state index >= 15 is 0 Å². The summed E-state index contributed by atoms with van der Waals surface area (Å²) in [4.78, 5) is 16.9. The molecule has 0 spiro atoms. The molecule has 0 aliphatic carbocycles. The Kier molecular flexibility index (Phi) is 2.91. The summed E-state index contributed by atoms with van der Waals surface area (Å²) in [6, 6.07) is 3.19. The SMILES string of the molecule is Cn1nnc(CC(=O)c2ccc(Cl)nc2)n1. The van der Waals surface area contributed by atoms with Gasteiger partial charge in [0.1, 0.15) is 5.15 Å². The van der Waals surface area contributed by atoms with E-state index in [4.69, 9.17) is 11.6 Å². The number of hydrogen-bond acceptors (Lipinski definition) is 5. The minimum absolute atomic E-state index is 0.108. The number of Topliss-reactive ketones (excluding diaryl/α,β-unsaturated/α-hetero) is 1. The molecule has 6 nitrogen and oxygen atoms in total. The number of pyridine rings is 1. The molecule has 16 heavy (non-hydrogen) atoms. The maximum Gasteiger partial charge on any atom is 0.182 e. The van der Waals surface area contributed by atoms with Crippen LogP contribution >= 0.6 is 11.6 Å². The molecule has 2 aromatic rings. The van der Waals surface area contributed by atoms with Crippen LogP contribution in [0.3, 0.4) is 0 Å². The van der Waals surface area contributed by atoms with Crippen molar-refractivity contribution >= 4 is 17.4 Å². The van der Waals surface area contributed by atoms with E-state index in [1.54, 1.807) is 19.2 Å². The molecule has 0 N–H and O–H groups in total. The molecule has 7 heteroatoms. The predicted molar refractivity (Wildman–Crippen MR) is 56.1 cm³/mol. The molecule has 82 valence electrons. The molecule has 0 unspecified atom stereocenters. The minimum Gasteiger partial charge on any atom is -0.294 e. The summed E-state index contributed by atoms with van der Waals surface area (Å²) >= 11 is 5.62. The first kappa shape index (κ1) is 10.7. The van der Waals surface area contributed by atoms with Gasteiger partial charge in [-0.1, -0.05) is 11.6 Å². The van der Waals surface area contributed by atoms with Crippen molar-refractivity contribution < 1.29 is 4.79 Å². The van der Waals surface area contributed by atoms with Crippen molar-refractivity contribution in [2.45, 2.75) is 6.42 Å². The van der Waals surface area contributed by atoms with Crippen LogP contribution in [0, 0.1) is 0 Å². The maximum atomic E-state index is 11.7. The normalized spacial score (nSPS) is 10.4. The monoisotopic (exact) mass is 237 g/mol. The summed E-state index contributed by atoms with van der Waals surface area (Å²) < 4.78 is 0. The molecular formula is C9H8ClN5O. The van der Waals surface area contributed by atoms with Crippen LogP contribution in [-0.2, 0) is 13.5 Å². The molecule has 0 bridgehead atoms. The molecule has 2 rings (SSSR count). The summed E-state index contributed by atoms with van der Waals surface area (Å²) in [6.45, 7) is 0. The average Bonchev–Trinajstić information content (AvgIpc) is 2.65. The largest absolute Gasteiger partial charge is 0.294 e. The molecule has 0 amide bonds. The molecule has 0 saturated heterocycles. The van der Waals surface area contributed by atoms with Crippen molar-refractivity contribution in [2.24, 2.45) is 7.05 Å². The van der Waals surface area contributed by atoms with E-state index in [0.717, 1.165) is 0 Å². The summed E-state index contributed by atoms with van der Waals surface area (Å²) in [5.41, 5.74) is 0.483. The van der Waals surface area contributed by atoms with Crippen LogP contribution in [0.1, 0.15) is 16.2 Å². The fraction of sp³-hybridized carbons (Fsp3) is 0.222. The van der Waals surface area contributed by atoms with Crippen molar-refractivity contribution in [1.82, 2.24) is 25.2 Å². The van der Waals surface area contributed by atoms with Crippen molar-refractivity contribution in [1.29, 1.82) is 0 Å². The van der Waals surface area contributed by atoms with Gasteiger partial charge in [-0.2, -0.15) is 4.80 Å². The third kappa shape index (κ3) is 2.40. The number of halogens is 1. The molecular weight excluding hydrogens is 230 g/mol. The zero-order chi connectivity index (χ0) is 11.5. The number of ketones is 1. The van der Waals surface area contributed by atoms with Gasteiger partial charge in [0.15, 0.2) is 11.6 Å².